The Morgan fingerprint density at radius 3 is 2.48 bits per heavy atom. The van der Waals surface area contributed by atoms with Gasteiger partial charge in [0.05, 0.1) is 0 Å². The molecule has 118 valence electrons. The van der Waals surface area contributed by atoms with Crippen LogP contribution in [0.2, 0.25) is 0 Å². The molecule has 1 saturated heterocycles. The van der Waals surface area contributed by atoms with Crippen molar-refractivity contribution in [2.24, 2.45) is 5.92 Å². The summed E-state index contributed by atoms with van der Waals surface area (Å²) in [6.07, 6.45) is 7.56. The van der Waals surface area contributed by atoms with Gasteiger partial charge in [0.1, 0.15) is 0 Å². The highest BCUT2D eigenvalue weighted by molar-refractivity contribution is 5.19. The lowest BCUT2D eigenvalue weighted by molar-refractivity contribution is 0.170. The van der Waals surface area contributed by atoms with E-state index in [1.165, 1.54) is 57.3 Å². The Kier molecular flexibility index (Phi) is 7.25. The molecule has 0 aromatic heterocycles. The Bertz CT molecular complexity index is 370. The molecule has 0 amide bonds. The highest BCUT2D eigenvalue weighted by atomic mass is 16.2. The number of likely N-dealkylation sites (tertiary alicyclic amines) is 1. The highest BCUT2D eigenvalue weighted by Crippen LogP contribution is 2.25. The predicted molar refractivity (Wildman–Crippen MR) is 89.6 cm³/mol. The van der Waals surface area contributed by atoms with Crippen molar-refractivity contribution in [1.82, 2.24) is 4.90 Å². The molecule has 0 aliphatic carbocycles. The summed E-state index contributed by atoms with van der Waals surface area (Å²) in [6.45, 7) is 6.43. The standard InChI is InChI=1S/C19H31NO/c1-17(19-9-5-2-6-10-19)16-20-13-11-18(12-14-20)8-4-3-7-15-21/h2,5-6,9-10,17-18,21H,3-4,7-8,11-16H2,1H3/t17-/m1/s1. The van der Waals surface area contributed by atoms with Gasteiger partial charge in [0.2, 0.25) is 0 Å². The second kappa shape index (κ2) is 9.22. The van der Waals surface area contributed by atoms with Gasteiger partial charge >= 0.3 is 0 Å². The van der Waals surface area contributed by atoms with Crippen molar-refractivity contribution < 1.29 is 5.11 Å². The molecule has 2 rings (SSSR count). The van der Waals surface area contributed by atoms with Crippen LogP contribution >= 0.6 is 0 Å². The van der Waals surface area contributed by atoms with Gasteiger partial charge in [-0.1, -0.05) is 56.5 Å². The number of benzene rings is 1. The molecule has 0 radical (unpaired) electrons. The molecule has 1 aromatic carbocycles. The maximum atomic E-state index is 8.81. The van der Waals surface area contributed by atoms with Crippen LogP contribution in [0.4, 0.5) is 0 Å². The fourth-order valence-corrected chi connectivity index (χ4v) is 3.45. The zero-order chi connectivity index (χ0) is 14.9. The first-order valence-corrected chi connectivity index (χ1v) is 8.67. The van der Waals surface area contributed by atoms with E-state index in [4.69, 9.17) is 5.11 Å². The van der Waals surface area contributed by atoms with E-state index < -0.39 is 0 Å². The van der Waals surface area contributed by atoms with E-state index in [0.717, 1.165) is 12.3 Å². The lowest BCUT2D eigenvalue weighted by atomic mass is 9.90. The second-order valence-electron chi connectivity index (χ2n) is 6.63. The summed E-state index contributed by atoms with van der Waals surface area (Å²) < 4.78 is 0. The first-order chi connectivity index (χ1) is 10.3. The van der Waals surface area contributed by atoms with Crippen LogP contribution in [-0.2, 0) is 0 Å². The molecule has 0 saturated carbocycles. The van der Waals surface area contributed by atoms with Gasteiger partial charge in [-0.3, -0.25) is 0 Å². The Morgan fingerprint density at radius 2 is 1.81 bits per heavy atom. The molecule has 21 heavy (non-hydrogen) atoms. The number of unbranched alkanes of at least 4 members (excludes halogenated alkanes) is 2. The van der Waals surface area contributed by atoms with Gasteiger partial charge in [0.15, 0.2) is 0 Å². The van der Waals surface area contributed by atoms with Gasteiger partial charge in [-0.2, -0.15) is 0 Å². The van der Waals surface area contributed by atoms with E-state index in [0.29, 0.717) is 12.5 Å². The van der Waals surface area contributed by atoms with E-state index in [1.807, 2.05) is 0 Å². The van der Waals surface area contributed by atoms with Gasteiger partial charge in [-0.05, 0) is 49.8 Å². The molecule has 0 unspecified atom stereocenters. The van der Waals surface area contributed by atoms with Crippen LogP contribution in [-0.4, -0.2) is 36.2 Å². The number of hydrogen-bond acceptors (Lipinski definition) is 2. The monoisotopic (exact) mass is 289 g/mol. The summed E-state index contributed by atoms with van der Waals surface area (Å²) in [4.78, 5) is 2.64. The summed E-state index contributed by atoms with van der Waals surface area (Å²) in [5, 5.41) is 8.81. The van der Waals surface area contributed by atoms with Crippen LogP contribution in [0.1, 0.15) is 56.9 Å². The maximum Gasteiger partial charge on any atom is 0.0431 e. The van der Waals surface area contributed by atoms with Gasteiger partial charge in [0.25, 0.3) is 0 Å². The molecule has 1 fully saturated rings. The van der Waals surface area contributed by atoms with Crippen molar-refractivity contribution in [3.05, 3.63) is 35.9 Å². The first kappa shape index (κ1) is 16.5. The minimum absolute atomic E-state index is 0.357. The van der Waals surface area contributed by atoms with Crippen LogP contribution in [0.25, 0.3) is 0 Å². The largest absolute Gasteiger partial charge is 0.396 e. The summed E-state index contributed by atoms with van der Waals surface area (Å²) in [6, 6.07) is 10.9. The molecule has 1 N–H and O–H groups in total. The van der Waals surface area contributed by atoms with E-state index >= 15 is 0 Å². The lowest BCUT2D eigenvalue weighted by Crippen LogP contribution is -2.36. The van der Waals surface area contributed by atoms with Crippen LogP contribution in [0.15, 0.2) is 30.3 Å². The maximum absolute atomic E-state index is 8.81. The van der Waals surface area contributed by atoms with Gasteiger partial charge in [-0.15, -0.1) is 0 Å². The van der Waals surface area contributed by atoms with E-state index in [9.17, 15) is 0 Å². The molecule has 0 bridgehead atoms. The van der Waals surface area contributed by atoms with Crippen molar-refractivity contribution in [2.75, 3.05) is 26.2 Å². The fourth-order valence-electron chi connectivity index (χ4n) is 3.45. The van der Waals surface area contributed by atoms with Crippen LogP contribution < -0.4 is 0 Å². The quantitative estimate of drug-likeness (QED) is 0.730. The average Bonchev–Trinajstić information content (AvgIpc) is 2.54. The fraction of sp³-hybridized carbons (Fsp3) is 0.684. The molecule has 1 atom stereocenters. The number of aliphatic hydroxyl groups excluding tert-OH is 1. The van der Waals surface area contributed by atoms with Crippen LogP contribution in [0.5, 0.6) is 0 Å². The third-order valence-corrected chi connectivity index (χ3v) is 4.88. The summed E-state index contributed by atoms with van der Waals surface area (Å²) in [7, 11) is 0. The van der Waals surface area contributed by atoms with Crippen molar-refractivity contribution in [1.29, 1.82) is 0 Å². The topological polar surface area (TPSA) is 23.5 Å². The summed E-state index contributed by atoms with van der Waals surface area (Å²) >= 11 is 0. The van der Waals surface area contributed by atoms with Crippen molar-refractivity contribution in [3.8, 4) is 0 Å². The summed E-state index contributed by atoms with van der Waals surface area (Å²) in [5.41, 5.74) is 1.46. The van der Waals surface area contributed by atoms with E-state index in [2.05, 4.69) is 42.2 Å². The molecule has 0 spiro atoms. The SMILES string of the molecule is C[C@H](CN1CCC(CCCCCO)CC1)c1ccccc1. The number of nitrogens with zero attached hydrogens (tertiary/aromatic N) is 1. The molecular weight excluding hydrogens is 258 g/mol. The van der Waals surface area contributed by atoms with E-state index in [1.54, 1.807) is 0 Å². The summed E-state index contributed by atoms with van der Waals surface area (Å²) in [5.74, 6) is 1.55. The number of aliphatic hydroxyl groups is 1. The minimum Gasteiger partial charge on any atom is -0.396 e. The Morgan fingerprint density at radius 1 is 1.10 bits per heavy atom. The van der Waals surface area contributed by atoms with Gasteiger partial charge in [0, 0.05) is 13.2 Å². The molecule has 1 aromatic rings. The smallest absolute Gasteiger partial charge is 0.0431 e. The lowest BCUT2D eigenvalue weighted by Gasteiger charge is -2.33. The van der Waals surface area contributed by atoms with Crippen molar-refractivity contribution in [3.63, 3.8) is 0 Å². The second-order valence-corrected chi connectivity index (χ2v) is 6.63. The Balaban J connectivity index is 1.65. The molecular formula is C19H31NO. The zero-order valence-corrected chi connectivity index (χ0v) is 13.5. The first-order valence-electron chi connectivity index (χ1n) is 8.67. The molecule has 1 heterocycles. The minimum atomic E-state index is 0.357. The van der Waals surface area contributed by atoms with Gasteiger partial charge in [-0.25, -0.2) is 0 Å². The molecule has 1 aliphatic heterocycles. The van der Waals surface area contributed by atoms with Gasteiger partial charge < -0.3 is 10.0 Å². The predicted octanol–water partition coefficient (Wildman–Crippen LogP) is 4.05. The third kappa shape index (κ3) is 5.80. The molecule has 1 aliphatic rings. The highest BCUT2D eigenvalue weighted by Gasteiger charge is 2.20. The average molecular weight is 289 g/mol. The normalized spacial score (nSPS) is 18.8. The molecule has 2 nitrogen and oxygen atoms in total. The van der Waals surface area contributed by atoms with Crippen LogP contribution in [0, 0.1) is 5.92 Å². The van der Waals surface area contributed by atoms with Crippen LogP contribution in [0.3, 0.4) is 0 Å². The third-order valence-electron chi connectivity index (χ3n) is 4.88. The number of piperidine rings is 1. The zero-order valence-electron chi connectivity index (χ0n) is 13.5. The Hall–Kier alpha value is -0.860. The number of hydrogen-bond donors (Lipinski definition) is 1. The van der Waals surface area contributed by atoms with Crippen molar-refractivity contribution in [2.45, 2.75) is 51.4 Å². The van der Waals surface area contributed by atoms with E-state index in [-0.39, 0.29) is 0 Å². The molecule has 2 heteroatoms. The Labute approximate surface area is 130 Å². The van der Waals surface area contributed by atoms with Crippen molar-refractivity contribution >= 4 is 0 Å². The number of rotatable bonds is 8.